The van der Waals surface area contributed by atoms with Crippen molar-refractivity contribution in [3.05, 3.63) is 85.1 Å². The van der Waals surface area contributed by atoms with Crippen LogP contribution in [0.3, 0.4) is 0 Å². The number of nitrogens with zero attached hydrogens (tertiary/aromatic N) is 4. The van der Waals surface area contributed by atoms with Gasteiger partial charge < -0.3 is 4.98 Å². The predicted molar refractivity (Wildman–Crippen MR) is 118 cm³/mol. The Balaban J connectivity index is 1.75. The van der Waals surface area contributed by atoms with Crippen LogP contribution in [0.2, 0.25) is 0 Å². The molecule has 8 heteroatoms. The zero-order chi connectivity index (χ0) is 22.3. The number of fused-ring (bicyclic) bond motifs is 1. The third kappa shape index (κ3) is 3.66. The fourth-order valence-electron chi connectivity index (χ4n) is 3.86. The van der Waals surface area contributed by atoms with Gasteiger partial charge in [-0.2, -0.15) is 9.94 Å². The molecule has 0 saturated carbocycles. The van der Waals surface area contributed by atoms with Gasteiger partial charge in [0.2, 0.25) is 5.69 Å². The molecule has 0 atom stereocenters. The number of aromatic amines is 2. The first kappa shape index (κ1) is 20.3. The minimum atomic E-state index is -0.791. The lowest BCUT2D eigenvalue weighted by Crippen LogP contribution is -2.33. The van der Waals surface area contributed by atoms with Gasteiger partial charge >= 0.3 is 5.69 Å². The second-order valence-electron chi connectivity index (χ2n) is 7.99. The minimum absolute atomic E-state index is 0.357. The van der Waals surface area contributed by atoms with Crippen molar-refractivity contribution in [2.45, 2.75) is 40.0 Å². The van der Waals surface area contributed by atoms with Crippen LogP contribution in [-0.2, 0) is 6.42 Å². The Bertz CT molecular complexity index is 1440. The van der Waals surface area contributed by atoms with Crippen molar-refractivity contribution in [2.75, 3.05) is 0 Å². The summed E-state index contributed by atoms with van der Waals surface area (Å²) in [5.41, 5.74) is 4.94. The largest absolute Gasteiger partial charge is 0.360 e. The summed E-state index contributed by atoms with van der Waals surface area (Å²) in [6, 6.07) is 7.48. The normalized spacial score (nSPS) is 11.2. The van der Waals surface area contributed by atoms with E-state index < -0.39 is 11.2 Å². The summed E-state index contributed by atoms with van der Waals surface area (Å²) < 4.78 is 1.04. The number of hydrogen-bond acceptors (Lipinski definition) is 5. The minimum Gasteiger partial charge on any atom is -0.360 e. The number of benzene rings is 1. The molecule has 0 bridgehead atoms. The van der Waals surface area contributed by atoms with E-state index in [1.54, 1.807) is 6.07 Å². The predicted octanol–water partition coefficient (Wildman–Crippen LogP) is 3.00. The van der Waals surface area contributed by atoms with Crippen LogP contribution in [-0.4, -0.2) is 24.7 Å². The Kier molecular flexibility index (Phi) is 5.03. The van der Waals surface area contributed by atoms with Crippen molar-refractivity contribution in [2.24, 2.45) is 0 Å². The number of pyridine rings is 1. The fourth-order valence-corrected chi connectivity index (χ4v) is 3.86. The van der Waals surface area contributed by atoms with E-state index >= 15 is 0 Å². The molecule has 0 aliphatic carbocycles. The molecule has 8 nitrogen and oxygen atoms in total. The summed E-state index contributed by atoms with van der Waals surface area (Å²) in [5.74, 6) is 0.410. The maximum Gasteiger partial charge on any atom is 0.349 e. The Morgan fingerprint density at radius 3 is 2.52 bits per heavy atom. The van der Waals surface area contributed by atoms with Crippen LogP contribution in [0.1, 0.15) is 53.4 Å². The third-order valence-corrected chi connectivity index (χ3v) is 5.49. The highest BCUT2D eigenvalue weighted by Gasteiger charge is 2.14. The molecule has 4 rings (SSSR count). The quantitative estimate of drug-likeness (QED) is 0.532. The first-order valence-electron chi connectivity index (χ1n) is 9.98. The summed E-state index contributed by atoms with van der Waals surface area (Å²) >= 11 is 0. The monoisotopic (exact) mass is 414 g/mol. The molecule has 1 aromatic carbocycles. The maximum atomic E-state index is 12.2. The lowest BCUT2D eigenvalue weighted by atomic mass is 9.96. The first-order valence-corrected chi connectivity index (χ1v) is 9.98. The Hall–Kier alpha value is -3.99. The maximum absolute atomic E-state index is 12.2. The van der Waals surface area contributed by atoms with E-state index in [2.05, 4.69) is 40.0 Å². The molecule has 0 radical (unpaired) electrons. The van der Waals surface area contributed by atoms with Crippen LogP contribution < -0.4 is 11.2 Å². The fraction of sp³-hybridized carbons (Fsp3) is 0.261. The molecular weight excluding hydrogens is 392 g/mol. The zero-order valence-corrected chi connectivity index (χ0v) is 17.8. The summed E-state index contributed by atoms with van der Waals surface area (Å²) in [7, 11) is 0. The third-order valence-electron chi connectivity index (χ3n) is 5.49. The van der Waals surface area contributed by atoms with Gasteiger partial charge in [0, 0.05) is 23.7 Å². The number of H-pyrrole nitrogens is 2. The van der Waals surface area contributed by atoms with Gasteiger partial charge in [0.1, 0.15) is 6.07 Å². The summed E-state index contributed by atoms with van der Waals surface area (Å²) in [5, 5.41) is 14.1. The molecule has 4 aromatic rings. The molecule has 156 valence electrons. The number of nitrogens with one attached hydrogen (secondary N) is 2. The number of aryl methyl sites for hydroxylation is 2. The SMILES string of the molecule is Cc1cc(-n2nc(C#N)c(=O)[nH]c2=O)cc(C)c1Cc1cc2c(C(C)C)c[nH]c2cn1. The van der Waals surface area contributed by atoms with Gasteiger partial charge in [-0.25, -0.2) is 4.79 Å². The summed E-state index contributed by atoms with van der Waals surface area (Å²) in [6.07, 6.45) is 4.55. The van der Waals surface area contributed by atoms with Crippen molar-refractivity contribution < 1.29 is 0 Å². The average molecular weight is 414 g/mol. The standard InChI is InChI=1S/C23H22N6O2/c1-12(2)19-10-26-21-11-25-15(8-18(19)21)7-17-13(3)5-16(6-14(17)4)29-23(31)27-22(30)20(9-24)28-29/h5-6,8,10-12,26H,7H2,1-4H3,(H,27,30,31). The lowest BCUT2D eigenvalue weighted by Gasteiger charge is -2.13. The molecule has 3 heterocycles. The molecule has 0 spiro atoms. The van der Waals surface area contributed by atoms with Gasteiger partial charge in [-0.1, -0.05) is 13.8 Å². The van der Waals surface area contributed by atoms with E-state index in [4.69, 9.17) is 5.26 Å². The van der Waals surface area contributed by atoms with E-state index in [0.717, 1.165) is 32.6 Å². The van der Waals surface area contributed by atoms with Crippen molar-refractivity contribution in [3.8, 4) is 11.8 Å². The van der Waals surface area contributed by atoms with Crippen molar-refractivity contribution >= 4 is 10.9 Å². The smallest absolute Gasteiger partial charge is 0.349 e. The van der Waals surface area contributed by atoms with E-state index in [1.807, 2.05) is 38.4 Å². The molecule has 0 amide bonds. The van der Waals surface area contributed by atoms with Crippen LogP contribution in [0.5, 0.6) is 0 Å². The summed E-state index contributed by atoms with van der Waals surface area (Å²) in [4.78, 5) is 33.9. The molecule has 0 aliphatic rings. The number of hydrogen-bond donors (Lipinski definition) is 2. The van der Waals surface area contributed by atoms with Crippen LogP contribution >= 0.6 is 0 Å². The van der Waals surface area contributed by atoms with E-state index in [1.165, 1.54) is 10.9 Å². The van der Waals surface area contributed by atoms with Gasteiger partial charge in [0.15, 0.2) is 0 Å². The van der Waals surface area contributed by atoms with Gasteiger partial charge in [0.05, 0.1) is 17.4 Å². The van der Waals surface area contributed by atoms with E-state index in [-0.39, 0.29) is 5.69 Å². The summed E-state index contributed by atoms with van der Waals surface area (Å²) in [6.45, 7) is 8.25. The second-order valence-corrected chi connectivity index (χ2v) is 7.99. The highest BCUT2D eigenvalue weighted by Crippen LogP contribution is 2.27. The topological polar surface area (TPSA) is 120 Å². The zero-order valence-electron chi connectivity index (χ0n) is 17.8. The number of aromatic nitrogens is 5. The van der Waals surface area contributed by atoms with Crippen LogP contribution in [0.15, 0.2) is 40.2 Å². The van der Waals surface area contributed by atoms with Gasteiger partial charge in [-0.05, 0) is 60.2 Å². The van der Waals surface area contributed by atoms with Crippen molar-refractivity contribution in [1.82, 2.24) is 24.7 Å². The molecular formula is C23H22N6O2. The lowest BCUT2D eigenvalue weighted by molar-refractivity contribution is 0.738. The second kappa shape index (κ2) is 7.69. The molecule has 0 fully saturated rings. The van der Waals surface area contributed by atoms with Gasteiger partial charge in [-0.15, -0.1) is 5.10 Å². The van der Waals surface area contributed by atoms with Crippen molar-refractivity contribution in [3.63, 3.8) is 0 Å². The van der Waals surface area contributed by atoms with Gasteiger partial charge in [0.25, 0.3) is 5.56 Å². The molecule has 0 aliphatic heterocycles. The highest BCUT2D eigenvalue weighted by atomic mass is 16.2. The number of rotatable bonds is 4. The molecule has 31 heavy (non-hydrogen) atoms. The molecule has 3 aromatic heterocycles. The van der Waals surface area contributed by atoms with Crippen LogP contribution in [0.25, 0.3) is 16.6 Å². The van der Waals surface area contributed by atoms with Crippen LogP contribution in [0, 0.1) is 25.2 Å². The van der Waals surface area contributed by atoms with Gasteiger partial charge in [-0.3, -0.25) is 14.8 Å². The Morgan fingerprint density at radius 2 is 1.87 bits per heavy atom. The van der Waals surface area contributed by atoms with Crippen molar-refractivity contribution in [1.29, 1.82) is 5.26 Å². The van der Waals surface area contributed by atoms with E-state index in [0.29, 0.717) is 18.0 Å². The Labute approximate surface area is 178 Å². The number of nitriles is 1. The highest BCUT2D eigenvalue weighted by molar-refractivity contribution is 5.83. The average Bonchev–Trinajstić information content (AvgIpc) is 3.14. The Morgan fingerprint density at radius 1 is 1.16 bits per heavy atom. The van der Waals surface area contributed by atoms with Crippen LogP contribution in [0.4, 0.5) is 0 Å². The van der Waals surface area contributed by atoms with E-state index in [9.17, 15) is 9.59 Å². The molecule has 0 unspecified atom stereocenters. The molecule has 2 N–H and O–H groups in total. The first-order chi connectivity index (χ1) is 14.8. The molecule has 0 saturated heterocycles.